The lowest BCUT2D eigenvalue weighted by atomic mass is 9.86. The molecule has 4 heterocycles. The average molecular weight is 540 g/mol. The molecule has 0 aliphatic carbocycles. The Bertz CT molecular complexity index is 1480. The minimum Gasteiger partial charge on any atom is -0.492 e. The van der Waals surface area contributed by atoms with Crippen molar-refractivity contribution in [3.63, 3.8) is 0 Å². The van der Waals surface area contributed by atoms with Crippen molar-refractivity contribution < 1.29 is 14.6 Å². The fourth-order valence-electron chi connectivity index (χ4n) is 5.78. The van der Waals surface area contributed by atoms with E-state index in [9.17, 15) is 15.2 Å². The predicted molar refractivity (Wildman–Crippen MR) is 153 cm³/mol. The van der Waals surface area contributed by atoms with Gasteiger partial charge in [-0.05, 0) is 81.8 Å². The molecular weight excluding hydrogens is 502 g/mol. The van der Waals surface area contributed by atoms with Crippen LogP contribution in [0, 0.1) is 25.2 Å². The Morgan fingerprint density at radius 2 is 1.93 bits per heavy atom. The first kappa shape index (κ1) is 27.8. The highest BCUT2D eigenvalue weighted by molar-refractivity contribution is 5.99. The van der Waals surface area contributed by atoms with E-state index in [4.69, 9.17) is 4.74 Å². The number of fused-ring (bicyclic) bond motifs is 1. The maximum atomic E-state index is 14.1. The zero-order valence-electron chi connectivity index (χ0n) is 23.9. The molecule has 0 spiro atoms. The molecule has 1 aromatic carbocycles. The Kier molecular flexibility index (Phi) is 7.88. The number of β-amino-alcohol motifs (C(OH)–C–C–N with tert-alkyl or cyclic N) is 1. The summed E-state index contributed by atoms with van der Waals surface area (Å²) in [5, 5.41) is 19.4. The summed E-state index contributed by atoms with van der Waals surface area (Å²) >= 11 is 0. The third-order valence-electron chi connectivity index (χ3n) is 8.36. The highest BCUT2D eigenvalue weighted by Gasteiger charge is 2.34. The number of carbonyl (C=O) groups excluding carboxylic acids is 1. The van der Waals surface area contributed by atoms with Crippen molar-refractivity contribution in [1.82, 2.24) is 19.8 Å². The first-order valence-electron chi connectivity index (χ1n) is 14.1. The Morgan fingerprint density at radius 3 is 2.62 bits per heavy atom. The van der Waals surface area contributed by atoms with Crippen molar-refractivity contribution >= 4 is 5.91 Å². The third-order valence-corrected chi connectivity index (χ3v) is 8.36. The number of rotatable bonds is 8. The van der Waals surface area contributed by atoms with E-state index in [2.05, 4.69) is 39.1 Å². The van der Waals surface area contributed by atoms with Gasteiger partial charge in [-0.3, -0.25) is 19.7 Å². The van der Waals surface area contributed by atoms with E-state index in [0.717, 1.165) is 58.5 Å². The maximum Gasteiger partial charge on any atom is 0.254 e. The van der Waals surface area contributed by atoms with Crippen molar-refractivity contribution in [2.75, 3.05) is 26.2 Å². The van der Waals surface area contributed by atoms with Gasteiger partial charge in [0.1, 0.15) is 17.4 Å². The van der Waals surface area contributed by atoms with Crippen LogP contribution in [-0.2, 0) is 12.8 Å². The predicted octanol–water partition coefficient (Wildman–Crippen LogP) is 4.40. The zero-order chi connectivity index (χ0) is 28.6. The Hall–Kier alpha value is -3.80. The molecule has 0 radical (unpaired) electrons. The van der Waals surface area contributed by atoms with Gasteiger partial charge in [-0.25, -0.2) is 0 Å². The Balaban J connectivity index is 1.51. The summed E-state index contributed by atoms with van der Waals surface area (Å²) in [5.41, 5.74) is 8.12. The molecule has 2 aliphatic heterocycles. The number of aromatic nitrogens is 2. The van der Waals surface area contributed by atoms with Gasteiger partial charge in [0.15, 0.2) is 0 Å². The van der Waals surface area contributed by atoms with Crippen molar-refractivity contribution in [2.24, 2.45) is 0 Å². The number of nitriles is 1. The van der Waals surface area contributed by atoms with Crippen molar-refractivity contribution in [3.8, 4) is 22.9 Å². The quantitative estimate of drug-likeness (QED) is 0.453. The minimum atomic E-state index is -0.287. The largest absolute Gasteiger partial charge is 0.492 e. The monoisotopic (exact) mass is 539 g/mol. The van der Waals surface area contributed by atoms with E-state index < -0.39 is 0 Å². The second kappa shape index (κ2) is 11.4. The number of carbonyl (C=O) groups is 1. The lowest BCUT2D eigenvalue weighted by Crippen LogP contribution is -2.58. The fraction of sp³-hybridized carbons (Fsp3) is 0.438. The molecule has 1 N–H and O–H groups in total. The van der Waals surface area contributed by atoms with E-state index in [-0.39, 0.29) is 24.1 Å². The number of aliphatic hydroxyl groups is 1. The molecule has 8 nitrogen and oxygen atoms in total. The second-order valence-electron chi connectivity index (χ2n) is 10.9. The molecule has 1 saturated heterocycles. The summed E-state index contributed by atoms with van der Waals surface area (Å²) in [6, 6.07) is 10.2. The van der Waals surface area contributed by atoms with E-state index >= 15 is 0 Å². The molecule has 3 atom stereocenters. The van der Waals surface area contributed by atoms with Gasteiger partial charge in [-0.15, -0.1) is 0 Å². The summed E-state index contributed by atoms with van der Waals surface area (Å²) in [5.74, 6) is 0.469. The molecular formula is C32H37N5O3. The molecule has 1 fully saturated rings. The fourth-order valence-corrected chi connectivity index (χ4v) is 5.78. The van der Waals surface area contributed by atoms with Gasteiger partial charge in [0, 0.05) is 61.0 Å². The van der Waals surface area contributed by atoms with Crippen LogP contribution in [0.2, 0.25) is 0 Å². The molecule has 0 bridgehead atoms. The van der Waals surface area contributed by atoms with Crippen molar-refractivity contribution in [1.29, 1.82) is 5.26 Å². The lowest BCUT2D eigenvalue weighted by molar-refractivity contribution is -0.0510. The number of pyridine rings is 2. The number of benzene rings is 1. The van der Waals surface area contributed by atoms with E-state index in [1.807, 2.05) is 45.7 Å². The SMILES string of the molecule is CCOc1cc(C(C)N2CCc3c(cc(CCN4C[C@@H](O)[C@H]4C)cc3-c3cc(C)cnc3C)C2=O)ncc1C#N. The number of aliphatic hydroxyl groups excluding tert-OH is 1. The van der Waals surface area contributed by atoms with Gasteiger partial charge in [-0.2, -0.15) is 5.26 Å². The third kappa shape index (κ3) is 5.19. The standard InChI is InChI=1S/C32H37N5O3/c1-6-40-31-14-29(35-17-24(31)15-33)21(4)37-10-8-25-27(26-11-19(2)16-34-20(26)3)12-23(13-28(25)32(37)39)7-9-36-18-30(38)22(36)5/h11-14,16-17,21-22,30,38H,6-10,18H2,1-5H3/t21?,22-,30-/m1/s1. The number of ether oxygens (including phenoxy) is 1. The van der Waals surface area contributed by atoms with Gasteiger partial charge in [0.05, 0.1) is 24.4 Å². The molecule has 3 aromatic rings. The lowest BCUT2D eigenvalue weighted by Gasteiger charge is -2.43. The molecule has 2 aliphatic rings. The Labute approximate surface area is 236 Å². The topological polar surface area (TPSA) is 103 Å². The summed E-state index contributed by atoms with van der Waals surface area (Å²) in [6.45, 7) is 12.5. The maximum absolute atomic E-state index is 14.1. The molecule has 40 heavy (non-hydrogen) atoms. The van der Waals surface area contributed by atoms with Gasteiger partial charge in [0.25, 0.3) is 5.91 Å². The number of nitrogens with zero attached hydrogens (tertiary/aromatic N) is 5. The molecule has 2 aromatic heterocycles. The van der Waals surface area contributed by atoms with Gasteiger partial charge < -0.3 is 14.7 Å². The smallest absolute Gasteiger partial charge is 0.254 e. The normalized spacial score (nSPS) is 19.5. The number of likely N-dealkylation sites (tertiary alicyclic amines) is 1. The second-order valence-corrected chi connectivity index (χ2v) is 10.9. The van der Waals surface area contributed by atoms with E-state index in [1.165, 1.54) is 6.20 Å². The summed E-state index contributed by atoms with van der Waals surface area (Å²) in [6.07, 6.45) is 4.64. The van der Waals surface area contributed by atoms with Crippen LogP contribution in [0.15, 0.2) is 36.7 Å². The van der Waals surface area contributed by atoms with Crippen LogP contribution in [0.25, 0.3) is 11.1 Å². The highest BCUT2D eigenvalue weighted by atomic mass is 16.5. The van der Waals surface area contributed by atoms with Crippen LogP contribution in [-0.4, -0.2) is 69.2 Å². The van der Waals surface area contributed by atoms with E-state index in [0.29, 0.717) is 36.7 Å². The molecule has 5 rings (SSSR count). The first-order chi connectivity index (χ1) is 19.2. The van der Waals surface area contributed by atoms with Crippen LogP contribution < -0.4 is 4.74 Å². The van der Waals surface area contributed by atoms with Crippen LogP contribution >= 0.6 is 0 Å². The summed E-state index contributed by atoms with van der Waals surface area (Å²) in [7, 11) is 0. The summed E-state index contributed by atoms with van der Waals surface area (Å²) in [4.78, 5) is 27.4. The number of aryl methyl sites for hydroxylation is 2. The molecule has 0 saturated carbocycles. The van der Waals surface area contributed by atoms with Crippen LogP contribution in [0.5, 0.6) is 5.75 Å². The number of hydrogen-bond donors (Lipinski definition) is 1. The van der Waals surface area contributed by atoms with Crippen LogP contribution in [0.4, 0.5) is 0 Å². The Morgan fingerprint density at radius 1 is 1.15 bits per heavy atom. The van der Waals surface area contributed by atoms with Gasteiger partial charge in [-0.1, -0.05) is 6.07 Å². The van der Waals surface area contributed by atoms with Gasteiger partial charge >= 0.3 is 0 Å². The number of hydrogen-bond acceptors (Lipinski definition) is 7. The zero-order valence-corrected chi connectivity index (χ0v) is 23.9. The molecule has 8 heteroatoms. The van der Waals surface area contributed by atoms with Crippen LogP contribution in [0.1, 0.15) is 70.8 Å². The minimum absolute atomic E-state index is 0.0213. The van der Waals surface area contributed by atoms with E-state index in [1.54, 1.807) is 6.07 Å². The molecule has 1 unspecified atom stereocenters. The number of amides is 1. The first-order valence-corrected chi connectivity index (χ1v) is 14.1. The van der Waals surface area contributed by atoms with Crippen molar-refractivity contribution in [2.45, 2.75) is 65.6 Å². The van der Waals surface area contributed by atoms with Crippen LogP contribution in [0.3, 0.4) is 0 Å². The highest BCUT2D eigenvalue weighted by Crippen LogP contribution is 2.36. The average Bonchev–Trinajstić information content (AvgIpc) is 2.96. The van der Waals surface area contributed by atoms with Crippen molar-refractivity contribution in [3.05, 3.63) is 75.9 Å². The molecule has 1 amide bonds. The van der Waals surface area contributed by atoms with Gasteiger partial charge in [0.2, 0.25) is 0 Å². The molecule has 208 valence electrons. The summed E-state index contributed by atoms with van der Waals surface area (Å²) < 4.78 is 5.67.